The number of carbonyl (C=O) groups is 2. The number of carbonyl (C=O) groups excluding carboxylic acids is 2. The second kappa shape index (κ2) is 4.44. The molecule has 6 nitrogen and oxygen atoms in total. The fourth-order valence-corrected chi connectivity index (χ4v) is 2.30. The van der Waals surface area contributed by atoms with Crippen molar-refractivity contribution >= 4 is 18.2 Å². The first kappa shape index (κ1) is 12.6. The maximum atomic E-state index is 12.0. The van der Waals surface area contributed by atoms with E-state index < -0.39 is 17.4 Å². The Kier molecular flexibility index (Phi) is 3.11. The number of hydrogen-bond acceptors (Lipinski definition) is 6. The van der Waals surface area contributed by atoms with Gasteiger partial charge < -0.3 is 14.5 Å². The molecular formula is C12H16N2O4. The Labute approximate surface area is 105 Å². The molecule has 0 aromatic heterocycles. The first-order valence-corrected chi connectivity index (χ1v) is 5.71. The fraction of sp³-hybridized carbons (Fsp3) is 0.583. The summed E-state index contributed by atoms with van der Waals surface area (Å²) in [6.07, 6.45) is 5.22. The number of methoxy groups -OCH3 is 1. The van der Waals surface area contributed by atoms with E-state index in [0.29, 0.717) is 6.42 Å². The highest BCUT2D eigenvalue weighted by atomic mass is 16.6. The smallest absolute Gasteiger partial charge is 0.328 e. The van der Waals surface area contributed by atoms with Gasteiger partial charge in [0.15, 0.2) is 5.41 Å². The number of ether oxygens (including phenoxy) is 2. The average Bonchev–Trinajstić information content (AvgIpc) is 2.35. The van der Waals surface area contributed by atoms with Crippen LogP contribution in [0.2, 0.25) is 0 Å². The molecular weight excluding hydrogens is 236 g/mol. The Bertz CT molecular complexity index is 430. The lowest BCUT2D eigenvalue weighted by Gasteiger charge is -2.42. The van der Waals surface area contributed by atoms with Crippen molar-refractivity contribution in [2.45, 2.75) is 12.5 Å². The van der Waals surface area contributed by atoms with E-state index in [-0.39, 0.29) is 12.0 Å². The number of rotatable bonds is 3. The second-order valence-electron chi connectivity index (χ2n) is 4.62. The van der Waals surface area contributed by atoms with Gasteiger partial charge in [0.25, 0.3) is 0 Å². The molecule has 3 rings (SSSR count). The SMILES string of the molecule is COC(=O)[C@@]12C=C[C@@H](C[C@H]1/C=N/N(C)C)OC2=O. The molecule has 98 valence electrons. The molecule has 18 heavy (non-hydrogen) atoms. The molecule has 1 saturated heterocycles. The van der Waals surface area contributed by atoms with Crippen molar-refractivity contribution in [1.29, 1.82) is 0 Å². The maximum Gasteiger partial charge on any atom is 0.328 e. The number of fused-ring (bicyclic) bond motifs is 2. The summed E-state index contributed by atoms with van der Waals surface area (Å²) in [4.78, 5) is 23.9. The van der Waals surface area contributed by atoms with E-state index in [4.69, 9.17) is 9.47 Å². The van der Waals surface area contributed by atoms with Crippen LogP contribution in [0, 0.1) is 11.3 Å². The predicted molar refractivity (Wildman–Crippen MR) is 63.8 cm³/mol. The third-order valence-corrected chi connectivity index (χ3v) is 3.24. The molecule has 3 atom stereocenters. The molecule has 0 spiro atoms. The molecule has 0 aromatic carbocycles. The summed E-state index contributed by atoms with van der Waals surface area (Å²) in [5.74, 6) is -1.48. The van der Waals surface area contributed by atoms with Gasteiger partial charge in [-0.3, -0.25) is 9.59 Å². The first-order valence-electron chi connectivity index (χ1n) is 5.71. The summed E-state index contributed by atoms with van der Waals surface area (Å²) in [6.45, 7) is 0. The standard InChI is InChI=1S/C12H16N2O4/c1-14(2)13-7-8-6-9-4-5-12(8,10(15)17-3)11(16)18-9/h4-5,7-9H,6H2,1-3H3/b13-7+/t8-,9-,12+/m0/s1. The Morgan fingerprint density at radius 2 is 2.39 bits per heavy atom. The van der Waals surface area contributed by atoms with Crippen LogP contribution in [0.25, 0.3) is 0 Å². The zero-order chi connectivity index (χ0) is 13.3. The van der Waals surface area contributed by atoms with E-state index in [1.807, 2.05) is 0 Å². The van der Waals surface area contributed by atoms with Crippen molar-refractivity contribution in [2.75, 3.05) is 21.2 Å². The van der Waals surface area contributed by atoms with Crippen LogP contribution in [0.3, 0.4) is 0 Å². The Hall–Kier alpha value is -1.85. The average molecular weight is 252 g/mol. The highest BCUT2D eigenvalue weighted by Gasteiger charge is 2.58. The van der Waals surface area contributed by atoms with E-state index in [9.17, 15) is 9.59 Å². The summed E-state index contributed by atoms with van der Waals surface area (Å²) in [6, 6.07) is 0. The monoisotopic (exact) mass is 252 g/mol. The van der Waals surface area contributed by atoms with Crippen LogP contribution in [-0.4, -0.2) is 50.5 Å². The van der Waals surface area contributed by atoms with Crippen LogP contribution in [0.5, 0.6) is 0 Å². The summed E-state index contributed by atoms with van der Waals surface area (Å²) in [7, 11) is 4.81. The Balaban J connectivity index is 2.38. The van der Waals surface area contributed by atoms with Crippen molar-refractivity contribution in [3.8, 4) is 0 Å². The van der Waals surface area contributed by atoms with Gasteiger partial charge in [0.2, 0.25) is 0 Å². The van der Waals surface area contributed by atoms with Gasteiger partial charge in [0.1, 0.15) is 6.10 Å². The molecule has 1 aliphatic carbocycles. The van der Waals surface area contributed by atoms with Crippen molar-refractivity contribution in [1.82, 2.24) is 5.01 Å². The number of esters is 2. The first-order chi connectivity index (χ1) is 8.50. The van der Waals surface area contributed by atoms with E-state index >= 15 is 0 Å². The lowest BCUT2D eigenvalue weighted by molar-refractivity contribution is -0.180. The molecule has 0 amide bonds. The molecule has 0 unspecified atom stereocenters. The zero-order valence-corrected chi connectivity index (χ0v) is 10.6. The van der Waals surface area contributed by atoms with Gasteiger partial charge in [0, 0.05) is 26.2 Å². The predicted octanol–water partition coefficient (Wildman–Crippen LogP) is 0.195. The molecule has 6 heteroatoms. The van der Waals surface area contributed by atoms with Crippen LogP contribution in [0.15, 0.2) is 17.3 Å². The van der Waals surface area contributed by atoms with Gasteiger partial charge in [-0.2, -0.15) is 5.10 Å². The lowest BCUT2D eigenvalue weighted by atomic mass is 9.67. The highest BCUT2D eigenvalue weighted by molar-refractivity contribution is 6.06. The third-order valence-electron chi connectivity index (χ3n) is 3.24. The summed E-state index contributed by atoms with van der Waals surface area (Å²) < 4.78 is 9.90. The number of hydrogen-bond donors (Lipinski definition) is 0. The van der Waals surface area contributed by atoms with Gasteiger partial charge in [-0.25, -0.2) is 0 Å². The van der Waals surface area contributed by atoms with Crippen molar-refractivity contribution < 1.29 is 19.1 Å². The van der Waals surface area contributed by atoms with E-state index in [2.05, 4.69) is 5.10 Å². The molecule has 0 radical (unpaired) electrons. The molecule has 0 aromatic rings. The topological polar surface area (TPSA) is 68.2 Å². The highest BCUT2D eigenvalue weighted by Crippen LogP contribution is 2.44. The van der Waals surface area contributed by atoms with E-state index in [1.165, 1.54) is 7.11 Å². The van der Waals surface area contributed by atoms with Gasteiger partial charge in [0.05, 0.1) is 7.11 Å². The van der Waals surface area contributed by atoms with Crippen LogP contribution in [0.4, 0.5) is 0 Å². The molecule has 2 aliphatic heterocycles. The minimum Gasteiger partial charge on any atom is -0.468 e. The molecule has 3 aliphatic rings. The molecule has 0 saturated carbocycles. The van der Waals surface area contributed by atoms with Gasteiger partial charge in [-0.1, -0.05) is 6.08 Å². The summed E-state index contributed by atoms with van der Waals surface area (Å²) in [5.41, 5.74) is -1.37. The van der Waals surface area contributed by atoms with Crippen molar-refractivity contribution in [3.63, 3.8) is 0 Å². The van der Waals surface area contributed by atoms with E-state index in [0.717, 1.165) is 0 Å². The summed E-state index contributed by atoms with van der Waals surface area (Å²) >= 11 is 0. The Morgan fingerprint density at radius 3 is 2.94 bits per heavy atom. The van der Waals surface area contributed by atoms with Crippen LogP contribution in [0.1, 0.15) is 6.42 Å². The third kappa shape index (κ3) is 1.77. The van der Waals surface area contributed by atoms with Crippen LogP contribution >= 0.6 is 0 Å². The van der Waals surface area contributed by atoms with Crippen LogP contribution in [-0.2, 0) is 19.1 Å². The molecule has 2 bridgehead atoms. The largest absolute Gasteiger partial charge is 0.468 e. The van der Waals surface area contributed by atoms with Gasteiger partial charge in [-0.15, -0.1) is 0 Å². The minimum absolute atomic E-state index is 0.275. The fourth-order valence-electron chi connectivity index (χ4n) is 2.30. The molecule has 1 fully saturated rings. The van der Waals surface area contributed by atoms with E-state index in [1.54, 1.807) is 37.5 Å². The van der Waals surface area contributed by atoms with Crippen molar-refractivity contribution in [3.05, 3.63) is 12.2 Å². The van der Waals surface area contributed by atoms with Crippen LogP contribution < -0.4 is 0 Å². The quantitative estimate of drug-likeness (QED) is 0.236. The maximum absolute atomic E-state index is 12.0. The number of nitrogens with zero attached hydrogens (tertiary/aromatic N) is 2. The second-order valence-corrected chi connectivity index (χ2v) is 4.62. The summed E-state index contributed by atoms with van der Waals surface area (Å²) in [5, 5.41) is 5.74. The van der Waals surface area contributed by atoms with Gasteiger partial charge >= 0.3 is 11.9 Å². The van der Waals surface area contributed by atoms with Crippen molar-refractivity contribution in [2.24, 2.45) is 16.4 Å². The zero-order valence-electron chi connectivity index (χ0n) is 10.6. The Morgan fingerprint density at radius 1 is 1.67 bits per heavy atom. The molecule has 0 N–H and O–H groups in total. The minimum atomic E-state index is -1.37. The lowest BCUT2D eigenvalue weighted by Crippen LogP contribution is -2.55. The number of hydrazone groups is 1. The normalized spacial score (nSPS) is 33.6. The molecule has 2 heterocycles. The van der Waals surface area contributed by atoms with Gasteiger partial charge in [-0.05, 0) is 12.5 Å².